The van der Waals surface area contributed by atoms with Crippen molar-refractivity contribution in [2.75, 3.05) is 0 Å². The van der Waals surface area contributed by atoms with E-state index >= 15 is 0 Å². The van der Waals surface area contributed by atoms with Crippen LogP contribution in [0.15, 0.2) is 29.2 Å². The van der Waals surface area contributed by atoms with Gasteiger partial charge in [0.05, 0.1) is 4.90 Å². The Morgan fingerprint density at radius 3 is 2.89 bits per heavy atom. The molecule has 100 valence electrons. The SMILES string of the molecule is CCCC1CC1NS(=O)(=O)c1cccc(CN)c1. The fourth-order valence-electron chi connectivity index (χ4n) is 2.19. The van der Waals surface area contributed by atoms with Crippen LogP contribution in [0.5, 0.6) is 0 Å². The summed E-state index contributed by atoms with van der Waals surface area (Å²) in [4.78, 5) is 0.313. The van der Waals surface area contributed by atoms with Crippen LogP contribution >= 0.6 is 0 Å². The lowest BCUT2D eigenvalue weighted by Crippen LogP contribution is -2.27. The zero-order chi connectivity index (χ0) is 13.2. The van der Waals surface area contributed by atoms with Crippen molar-refractivity contribution in [1.82, 2.24) is 4.72 Å². The summed E-state index contributed by atoms with van der Waals surface area (Å²) in [6, 6.07) is 6.93. The first kappa shape index (κ1) is 13.5. The van der Waals surface area contributed by atoms with Crippen LogP contribution in [0.2, 0.25) is 0 Å². The van der Waals surface area contributed by atoms with Gasteiger partial charge in [-0.3, -0.25) is 0 Å². The highest BCUT2D eigenvalue weighted by atomic mass is 32.2. The molecular weight excluding hydrogens is 248 g/mol. The molecule has 2 unspecified atom stereocenters. The monoisotopic (exact) mass is 268 g/mol. The second-order valence-electron chi connectivity index (χ2n) is 4.86. The van der Waals surface area contributed by atoms with E-state index in [0.717, 1.165) is 24.8 Å². The largest absolute Gasteiger partial charge is 0.326 e. The Balaban J connectivity index is 2.07. The van der Waals surface area contributed by atoms with Gasteiger partial charge in [-0.25, -0.2) is 13.1 Å². The lowest BCUT2D eigenvalue weighted by atomic mass is 10.2. The van der Waals surface area contributed by atoms with Gasteiger partial charge in [0.1, 0.15) is 0 Å². The van der Waals surface area contributed by atoms with E-state index in [1.54, 1.807) is 18.2 Å². The number of sulfonamides is 1. The smallest absolute Gasteiger partial charge is 0.240 e. The summed E-state index contributed by atoms with van der Waals surface area (Å²) < 4.78 is 27.1. The first-order valence-electron chi connectivity index (χ1n) is 6.38. The van der Waals surface area contributed by atoms with Crippen molar-refractivity contribution in [3.63, 3.8) is 0 Å². The summed E-state index contributed by atoms with van der Waals surface area (Å²) in [5.74, 6) is 0.516. The molecule has 0 amide bonds. The minimum absolute atomic E-state index is 0.122. The summed E-state index contributed by atoms with van der Waals surface area (Å²) in [5.41, 5.74) is 6.35. The van der Waals surface area contributed by atoms with Crippen molar-refractivity contribution < 1.29 is 8.42 Å². The van der Waals surface area contributed by atoms with Crippen LogP contribution in [0, 0.1) is 5.92 Å². The average molecular weight is 268 g/mol. The second-order valence-corrected chi connectivity index (χ2v) is 6.58. The van der Waals surface area contributed by atoms with Crippen LogP contribution in [0.25, 0.3) is 0 Å². The Morgan fingerprint density at radius 2 is 2.22 bits per heavy atom. The Kier molecular flexibility index (Phi) is 4.04. The Labute approximate surface area is 109 Å². The van der Waals surface area contributed by atoms with Crippen LogP contribution in [-0.2, 0) is 16.6 Å². The van der Waals surface area contributed by atoms with Crippen LogP contribution in [0.4, 0.5) is 0 Å². The van der Waals surface area contributed by atoms with Gasteiger partial charge in [0, 0.05) is 12.6 Å². The Bertz CT molecular complexity index is 513. The predicted molar refractivity (Wildman–Crippen MR) is 71.5 cm³/mol. The van der Waals surface area contributed by atoms with E-state index in [-0.39, 0.29) is 6.04 Å². The molecule has 1 aromatic carbocycles. The third-order valence-corrected chi connectivity index (χ3v) is 4.82. The molecule has 0 spiro atoms. The standard InChI is InChI=1S/C13H20N2O2S/c1-2-4-11-8-13(11)15-18(16,17)12-6-3-5-10(7-12)9-14/h3,5-7,11,13,15H,2,4,8-9,14H2,1H3. The maximum absolute atomic E-state index is 12.1. The molecule has 0 aliphatic heterocycles. The van der Waals surface area contributed by atoms with Gasteiger partial charge in [0.25, 0.3) is 0 Å². The highest BCUT2D eigenvalue weighted by Gasteiger charge is 2.39. The zero-order valence-corrected chi connectivity index (χ0v) is 11.4. The summed E-state index contributed by atoms with van der Waals surface area (Å²) in [7, 11) is -3.39. The molecule has 0 bridgehead atoms. The fourth-order valence-corrected chi connectivity index (χ4v) is 3.58. The Hall–Kier alpha value is -0.910. The van der Waals surface area contributed by atoms with E-state index in [0.29, 0.717) is 17.4 Å². The number of hydrogen-bond donors (Lipinski definition) is 2. The molecule has 1 fully saturated rings. The molecule has 0 radical (unpaired) electrons. The zero-order valence-electron chi connectivity index (χ0n) is 10.6. The summed E-state index contributed by atoms with van der Waals surface area (Å²) in [6.45, 7) is 2.47. The summed E-state index contributed by atoms with van der Waals surface area (Å²) in [6.07, 6.45) is 3.16. The molecule has 5 heteroatoms. The minimum Gasteiger partial charge on any atom is -0.326 e. The molecular formula is C13H20N2O2S. The molecule has 2 rings (SSSR count). The van der Waals surface area contributed by atoms with E-state index in [1.165, 1.54) is 0 Å². The van der Waals surface area contributed by atoms with Gasteiger partial charge >= 0.3 is 0 Å². The van der Waals surface area contributed by atoms with Crippen molar-refractivity contribution in [2.45, 2.75) is 43.7 Å². The maximum atomic E-state index is 12.1. The van der Waals surface area contributed by atoms with Gasteiger partial charge in [-0.15, -0.1) is 0 Å². The normalized spacial score (nSPS) is 23.0. The second kappa shape index (κ2) is 5.38. The Morgan fingerprint density at radius 1 is 1.44 bits per heavy atom. The van der Waals surface area contributed by atoms with E-state index < -0.39 is 10.0 Å². The third kappa shape index (κ3) is 3.10. The lowest BCUT2D eigenvalue weighted by molar-refractivity contribution is 0.573. The van der Waals surface area contributed by atoms with Gasteiger partial charge in [0.15, 0.2) is 0 Å². The summed E-state index contributed by atoms with van der Waals surface area (Å²) in [5, 5.41) is 0. The van der Waals surface area contributed by atoms with Gasteiger partial charge in [-0.1, -0.05) is 25.5 Å². The predicted octanol–water partition coefficient (Wildman–Crippen LogP) is 1.61. The molecule has 1 aromatic rings. The minimum atomic E-state index is -3.39. The van der Waals surface area contributed by atoms with Crippen LogP contribution in [-0.4, -0.2) is 14.5 Å². The van der Waals surface area contributed by atoms with Gasteiger partial charge < -0.3 is 5.73 Å². The molecule has 0 saturated heterocycles. The molecule has 3 N–H and O–H groups in total. The van der Waals surface area contributed by atoms with Gasteiger partial charge in [0.2, 0.25) is 10.0 Å². The summed E-state index contributed by atoms with van der Waals surface area (Å²) >= 11 is 0. The maximum Gasteiger partial charge on any atom is 0.240 e. The molecule has 1 aliphatic carbocycles. The quantitative estimate of drug-likeness (QED) is 0.823. The van der Waals surface area contributed by atoms with Crippen LogP contribution in [0.1, 0.15) is 31.7 Å². The first-order chi connectivity index (χ1) is 8.56. The number of benzene rings is 1. The number of rotatable bonds is 6. The number of nitrogens with one attached hydrogen (secondary N) is 1. The van der Waals surface area contributed by atoms with Crippen molar-refractivity contribution >= 4 is 10.0 Å². The molecule has 0 heterocycles. The lowest BCUT2D eigenvalue weighted by Gasteiger charge is -2.07. The van der Waals surface area contributed by atoms with E-state index in [1.807, 2.05) is 6.07 Å². The average Bonchev–Trinajstić information content (AvgIpc) is 3.07. The molecule has 18 heavy (non-hydrogen) atoms. The fraction of sp³-hybridized carbons (Fsp3) is 0.538. The van der Waals surface area contributed by atoms with Crippen molar-refractivity contribution in [3.05, 3.63) is 29.8 Å². The number of hydrogen-bond acceptors (Lipinski definition) is 3. The van der Waals surface area contributed by atoms with E-state index in [9.17, 15) is 8.42 Å². The van der Waals surface area contributed by atoms with Crippen molar-refractivity contribution in [2.24, 2.45) is 11.7 Å². The molecule has 0 aromatic heterocycles. The molecule has 1 saturated carbocycles. The van der Waals surface area contributed by atoms with E-state index in [4.69, 9.17) is 5.73 Å². The molecule has 1 aliphatic rings. The highest BCUT2D eigenvalue weighted by molar-refractivity contribution is 7.89. The van der Waals surface area contributed by atoms with Gasteiger partial charge in [-0.2, -0.15) is 0 Å². The first-order valence-corrected chi connectivity index (χ1v) is 7.86. The number of nitrogens with two attached hydrogens (primary N) is 1. The highest BCUT2D eigenvalue weighted by Crippen LogP contribution is 2.35. The van der Waals surface area contributed by atoms with Gasteiger partial charge in [-0.05, 0) is 36.5 Å². The third-order valence-electron chi connectivity index (χ3n) is 3.33. The van der Waals surface area contributed by atoms with Crippen molar-refractivity contribution in [3.8, 4) is 0 Å². The van der Waals surface area contributed by atoms with Crippen molar-refractivity contribution in [1.29, 1.82) is 0 Å². The van der Waals surface area contributed by atoms with E-state index in [2.05, 4.69) is 11.6 Å². The van der Waals surface area contributed by atoms with Crippen LogP contribution in [0.3, 0.4) is 0 Å². The van der Waals surface area contributed by atoms with Crippen LogP contribution < -0.4 is 10.5 Å². The molecule has 2 atom stereocenters. The molecule has 4 nitrogen and oxygen atoms in total. The topological polar surface area (TPSA) is 72.2 Å².